The van der Waals surface area contributed by atoms with E-state index in [4.69, 9.17) is 20.7 Å². The first-order chi connectivity index (χ1) is 27.7. The average molecular weight is 770 g/mol. The molecule has 4 heterocycles. The van der Waals surface area contributed by atoms with Gasteiger partial charge in [-0.25, -0.2) is 15.0 Å². The molecule has 9 nitrogen and oxygen atoms in total. The van der Waals surface area contributed by atoms with Crippen molar-refractivity contribution in [1.82, 2.24) is 29.7 Å². The molecular formula is C49H51N7O2. The summed E-state index contributed by atoms with van der Waals surface area (Å²) in [4.78, 5) is 45.3. The van der Waals surface area contributed by atoms with E-state index < -0.39 is 0 Å². The standard InChI is InChI=1S/C37H38N4.C12H13N3O2/c1-36(2,3)30-19-15-28(16-20-30)34-39-33(40-35(41-34)29-17-21-31(22-18-29)37(4,5)6)27-13-9-25(10-14-27)7-8-26-11-23-32(38)24-12-26;16-9-7-8(13-1-2-13)12(17)11(15-5-6-15)10(9)14-3-4-14/h7-24H,38H2,1-6H3;7H,1-6H2/b8-7+;. The van der Waals surface area contributed by atoms with E-state index in [2.05, 4.69) is 126 Å². The average Bonchev–Trinajstić information content (AvgIpc) is 4.04. The molecule has 0 amide bonds. The number of hydrogen-bond donors (Lipinski definition) is 1. The predicted octanol–water partition coefficient (Wildman–Crippen LogP) is 8.40. The van der Waals surface area contributed by atoms with E-state index >= 15 is 0 Å². The second-order valence-electron chi connectivity index (χ2n) is 17.5. The van der Waals surface area contributed by atoms with Crippen molar-refractivity contribution in [1.29, 1.82) is 0 Å². The maximum absolute atomic E-state index is 12.4. The Morgan fingerprint density at radius 1 is 0.500 bits per heavy atom. The Morgan fingerprint density at radius 3 is 1.24 bits per heavy atom. The van der Waals surface area contributed by atoms with Gasteiger partial charge in [0.25, 0.3) is 0 Å². The summed E-state index contributed by atoms with van der Waals surface area (Å²) in [7, 11) is 0. The number of hydrogen-bond acceptors (Lipinski definition) is 9. The van der Waals surface area contributed by atoms with Crippen LogP contribution in [0.5, 0.6) is 0 Å². The number of nitrogen functional groups attached to an aromatic ring is 1. The number of carbonyl (C=O) groups excluding carboxylic acids is 2. The number of rotatable bonds is 8. The SMILES string of the molecule is CC(C)(C)c1ccc(-c2nc(-c3ccc(/C=C/c4ccc(N)cc4)cc3)nc(-c3ccc(C(C)(C)C)cc3)n2)cc1.O=C1C=C(N2CC2)C(=O)C(N2CC2)=C1N1CC1. The first kappa shape index (κ1) is 38.5. The molecule has 0 bridgehead atoms. The van der Waals surface area contributed by atoms with Gasteiger partial charge in [-0.05, 0) is 45.2 Å². The highest BCUT2D eigenvalue weighted by Gasteiger charge is 2.43. The van der Waals surface area contributed by atoms with Crippen molar-refractivity contribution in [3.05, 3.63) is 142 Å². The Hall–Kier alpha value is -6.35. The number of nitrogens with two attached hydrogens (primary N) is 1. The zero-order valence-corrected chi connectivity index (χ0v) is 34.3. The number of allylic oxidation sites excluding steroid dienone is 1. The lowest BCUT2D eigenvalue weighted by molar-refractivity contribution is -0.117. The zero-order chi connectivity index (χ0) is 40.8. The molecule has 9 rings (SSSR count). The van der Waals surface area contributed by atoms with Crippen LogP contribution in [0.3, 0.4) is 0 Å². The Bertz CT molecular complexity index is 2360. The van der Waals surface area contributed by atoms with Crippen molar-refractivity contribution in [3.63, 3.8) is 0 Å². The molecule has 0 unspecified atom stereocenters. The van der Waals surface area contributed by atoms with Crippen LogP contribution in [-0.2, 0) is 20.4 Å². The van der Waals surface area contributed by atoms with E-state index in [1.807, 2.05) is 39.0 Å². The Morgan fingerprint density at radius 2 is 0.862 bits per heavy atom. The third kappa shape index (κ3) is 8.79. The van der Waals surface area contributed by atoms with Gasteiger partial charge in [0.15, 0.2) is 17.5 Å². The fourth-order valence-corrected chi connectivity index (χ4v) is 6.82. The van der Waals surface area contributed by atoms with Gasteiger partial charge in [-0.3, -0.25) is 9.59 Å². The number of benzene rings is 4. The number of Topliss-reactive ketones (excluding diaryl/α,β-unsaturated/α-hetero) is 1. The van der Waals surface area contributed by atoms with Crippen LogP contribution >= 0.6 is 0 Å². The topological polar surface area (TPSA) is 108 Å². The van der Waals surface area contributed by atoms with Crippen molar-refractivity contribution in [2.24, 2.45) is 0 Å². The molecule has 3 fully saturated rings. The molecule has 2 N–H and O–H groups in total. The highest BCUT2D eigenvalue weighted by Crippen LogP contribution is 2.34. The largest absolute Gasteiger partial charge is 0.399 e. The molecule has 58 heavy (non-hydrogen) atoms. The number of carbonyl (C=O) groups is 2. The Balaban J connectivity index is 0.000000226. The van der Waals surface area contributed by atoms with Gasteiger partial charge < -0.3 is 20.4 Å². The summed E-state index contributed by atoms with van der Waals surface area (Å²) < 4.78 is 0. The van der Waals surface area contributed by atoms with Crippen molar-refractivity contribution in [2.45, 2.75) is 52.4 Å². The zero-order valence-electron chi connectivity index (χ0n) is 34.3. The molecule has 0 radical (unpaired) electrons. The van der Waals surface area contributed by atoms with Crippen molar-refractivity contribution in [2.75, 3.05) is 45.0 Å². The quantitative estimate of drug-likeness (QED) is 0.0721. The summed E-state index contributed by atoms with van der Waals surface area (Å²) in [6.45, 7) is 18.7. The van der Waals surface area contributed by atoms with Crippen LogP contribution in [0.4, 0.5) is 5.69 Å². The number of ketones is 2. The Labute approximate surface area is 341 Å². The minimum absolute atomic E-state index is 0.00546. The van der Waals surface area contributed by atoms with Crippen LogP contribution in [0.1, 0.15) is 63.8 Å². The number of nitrogens with zero attached hydrogens (tertiary/aromatic N) is 6. The minimum atomic E-state index is 0.00546. The molecule has 1 aliphatic carbocycles. The third-order valence-electron chi connectivity index (χ3n) is 10.7. The molecule has 3 aliphatic heterocycles. The lowest BCUT2D eigenvalue weighted by Gasteiger charge is -2.21. The molecule has 0 atom stereocenters. The summed E-state index contributed by atoms with van der Waals surface area (Å²) in [6, 6.07) is 33.2. The maximum atomic E-state index is 12.4. The van der Waals surface area contributed by atoms with E-state index in [9.17, 15) is 9.59 Å². The minimum Gasteiger partial charge on any atom is -0.399 e. The van der Waals surface area contributed by atoms with Gasteiger partial charge in [0.1, 0.15) is 11.4 Å². The molecule has 4 aliphatic rings. The van der Waals surface area contributed by atoms with Crippen molar-refractivity contribution < 1.29 is 9.59 Å². The number of anilines is 1. The van der Waals surface area contributed by atoms with Gasteiger partial charge in [0, 0.05) is 67.7 Å². The van der Waals surface area contributed by atoms with Crippen LogP contribution < -0.4 is 5.73 Å². The van der Waals surface area contributed by atoms with Gasteiger partial charge in [0.2, 0.25) is 11.6 Å². The fraction of sp³-hybridized carbons (Fsp3) is 0.286. The molecule has 9 heteroatoms. The lowest BCUT2D eigenvalue weighted by atomic mass is 9.86. The van der Waals surface area contributed by atoms with Gasteiger partial charge in [-0.15, -0.1) is 0 Å². The third-order valence-corrected chi connectivity index (χ3v) is 10.7. The summed E-state index contributed by atoms with van der Waals surface area (Å²) in [5.74, 6) is 2.03. The summed E-state index contributed by atoms with van der Waals surface area (Å²) in [5.41, 5.74) is 16.2. The highest BCUT2D eigenvalue weighted by molar-refractivity contribution is 6.22. The molecule has 0 spiro atoms. The van der Waals surface area contributed by atoms with Crippen LogP contribution in [0.25, 0.3) is 46.3 Å². The van der Waals surface area contributed by atoms with Crippen LogP contribution in [0, 0.1) is 0 Å². The van der Waals surface area contributed by atoms with Crippen LogP contribution in [0.15, 0.2) is 120 Å². The highest BCUT2D eigenvalue weighted by atomic mass is 16.1. The lowest BCUT2D eigenvalue weighted by Crippen LogP contribution is -2.29. The normalized spacial score (nSPS) is 16.4. The van der Waals surface area contributed by atoms with E-state index in [-0.39, 0.29) is 22.4 Å². The van der Waals surface area contributed by atoms with E-state index in [1.165, 1.54) is 17.2 Å². The summed E-state index contributed by atoms with van der Waals surface area (Å²) >= 11 is 0. The predicted molar refractivity (Wildman–Crippen MR) is 233 cm³/mol. The number of aromatic nitrogens is 3. The van der Waals surface area contributed by atoms with Gasteiger partial charge in [0.05, 0.1) is 5.70 Å². The van der Waals surface area contributed by atoms with Gasteiger partial charge in [-0.1, -0.05) is 139 Å². The smallest absolute Gasteiger partial charge is 0.227 e. The fourth-order valence-electron chi connectivity index (χ4n) is 6.82. The van der Waals surface area contributed by atoms with Gasteiger partial charge in [-0.2, -0.15) is 0 Å². The molecule has 3 saturated heterocycles. The van der Waals surface area contributed by atoms with E-state index in [0.29, 0.717) is 34.6 Å². The molecule has 4 aromatic carbocycles. The molecule has 5 aromatic rings. The monoisotopic (exact) mass is 769 g/mol. The van der Waals surface area contributed by atoms with Crippen LogP contribution in [-0.4, -0.2) is 80.5 Å². The van der Waals surface area contributed by atoms with E-state index in [0.717, 1.165) is 72.8 Å². The van der Waals surface area contributed by atoms with Crippen molar-refractivity contribution in [3.8, 4) is 34.2 Å². The second-order valence-corrected chi connectivity index (χ2v) is 17.5. The Kier molecular flexibility index (Phi) is 10.1. The molecular weight excluding hydrogens is 719 g/mol. The summed E-state index contributed by atoms with van der Waals surface area (Å²) in [6.07, 6.45) is 5.69. The van der Waals surface area contributed by atoms with Gasteiger partial charge >= 0.3 is 0 Å². The maximum Gasteiger partial charge on any atom is 0.227 e. The van der Waals surface area contributed by atoms with E-state index in [1.54, 1.807) is 0 Å². The second kappa shape index (κ2) is 15.2. The first-order valence-electron chi connectivity index (χ1n) is 20.1. The van der Waals surface area contributed by atoms with Crippen LogP contribution in [0.2, 0.25) is 0 Å². The van der Waals surface area contributed by atoms with Crippen molar-refractivity contribution >= 4 is 29.4 Å². The first-order valence-corrected chi connectivity index (χ1v) is 20.1. The molecule has 0 saturated carbocycles. The molecule has 294 valence electrons. The summed E-state index contributed by atoms with van der Waals surface area (Å²) in [5, 5.41) is 0. The molecule has 1 aromatic heterocycles.